The van der Waals surface area contributed by atoms with Crippen molar-refractivity contribution in [2.75, 3.05) is 4.90 Å². The summed E-state index contributed by atoms with van der Waals surface area (Å²) in [6, 6.07) is 14.3. The predicted molar refractivity (Wildman–Crippen MR) is 109 cm³/mol. The Hall–Kier alpha value is -2.66. The summed E-state index contributed by atoms with van der Waals surface area (Å²) in [5.41, 5.74) is 5.05. The average Bonchev–Trinajstić information content (AvgIpc) is 3.11. The number of thiazole rings is 1. The maximum absolute atomic E-state index is 13.0. The van der Waals surface area contributed by atoms with E-state index in [1.807, 2.05) is 42.3 Å². The molecule has 1 atom stereocenters. The van der Waals surface area contributed by atoms with Gasteiger partial charge in [-0.3, -0.25) is 4.79 Å². The Morgan fingerprint density at radius 1 is 1.15 bits per heavy atom. The number of hydrogen-bond acceptors (Lipinski definition) is 4. The Morgan fingerprint density at radius 3 is 2.59 bits per heavy atom. The lowest BCUT2D eigenvalue weighted by Crippen LogP contribution is -2.45. The van der Waals surface area contributed by atoms with Gasteiger partial charge in [0.2, 0.25) is 0 Å². The van der Waals surface area contributed by atoms with Crippen molar-refractivity contribution in [1.29, 1.82) is 0 Å². The summed E-state index contributed by atoms with van der Waals surface area (Å²) in [7, 11) is 0. The van der Waals surface area contributed by atoms with Crippen LogP contribution in [0, 0.1) is 13.8 Å². The van der Waals surface area contributed by atoms with Gasteiger partial charge in [-0.05, 0) is 44.0 Å². The molecule has 3 aromatic rings. The molecule has 27 heavy (non-hydrogen) atoms. The second-order valence-electron chi connectivity index (χ2n) is 6.86. The summed E-state index contributed by atoms with van der Waals surface area (Å²) in [4.78, 5) is 19.5. The number of benzene rings is 2. The molecule has 1 unspecified atom stereocenters. The van der Waals surface area contributed by atoms with E-state index in [1.165, 1.54) is 5.56 Å². The summed E-state index contributed by atoms with van der Waals surface area (Å²) in [6.45, 7) is 6.57. The van der Waals surface area contributed by atoms with Crippen molar-refractivity contribution < 1.29 is 9.53 Å². The Kier molecular flexibility index (Phi) is 4.70. The molecule has 138 valence electrons. The number of aromatic nitrogens is 1. The second-order valence-corrected chi connectivity index (χ2v) is 7.92. The third-order valence-electron chi connectivity index (χ3n) is 4.81. The predicted octanol–water partition coefficient (Wildman–Crippen LogP) is 5.13. The van der Waals surface area contributed by atoms with Gasteiger partial charge in [0.25, 0.3) is 5.91 Å². The highest BCUT2D eigenvalue weighted by Gasteiger charge is 2.33. The molecule has 0 saturated carbocycles. The first-order valence-corrected chi connectivity index (χ1v) is 10.0. The van der Waals surface area contributed by atoms with Crippen molar-refractivity contribution in [2.24, 2.45) is 0 Å². The number of carbonyl (C=O) groups excluding carboxylic acids is 1. The van der Waals surface area contributed by atoms with Crippen LogP contribution in [0.25, 0.3) is 11.3 Å². The Morgan fingerprint density at radius 2 is 1.93 bits per heavy atom. The first kappa shape index (κ1) is 17.7. The number of aryl methyl sites for hydroxylation is 2. The van der Waals surface area contributed by atoms with Crippen LogP contribution in [0.3, 0.4) is 0 Å². The summed E-state index contributed by atoms with van der Waals surface area (Å²) < 4.78 is 5.97. The molecule has 0 radical (unpaired) electrons. The van der Waals surface area contributed by atoms with Gasteiger partial charge in [-0.1, -0.05) is 36.8 Å². The molecule has 0 spiro atoms. The monoisotopic (exact) mass is 378 g/mol. The van der Waals surface area contributed by atoms with Crippen LogP contribution in [0.1, 0.15) is 29.5 Å². The van der Waals surface area contributed by atoms with Crippen molar-refractivity contribution in [1.82, 2.24) is 4.98 Å². The molecule has 2 heterocycles. The fraction of sp³-hybridized carbons (Fsp3) is 0.273. The molecule has 1 aliphatic heterocycles. The van der Waals surface area contributed by atoms with Crippen LogP contribution < -0.4 is 9.64 Å². The number of nitrogens with zero attached hydrogens (tertiary/aromatic N) is 2. The van der Waals surface area contributed by atoms with Gasteiger partial charge >= 0.3 is 0 Å². The smallest absolute Gasteiger partial charge is 0.268 e. The highest BCUT2D eigenvalue weighted by molar-refractivity contribution is 7.09. The zero-order valence-electron chi connectivity index (χ0n) is 15.7. The lowest BCUT2D eigenvalue weighted by Gasteiger charge is -2.34. The second kappa shape index (κ2) is 7.16. The molecule has 1 amide bonds. The molecule has 2 aromatic carbocycles. The number of ether oxygens (including phenoxy) is 1. The van der Waals surface area contributed by atoms with Crippen LogP contribution in [0.5, 0.6) is 5.75 Å². The molecule has 0 saturated heterocycles. The first-order chi connectivity index (χ1) is 13.0. The lowest BCUT2D eigenvalue weighted by atomic mass is 10.1. The average molecular weight is 378 g/mol. The molecule has 0 aliphatic carbocycles. The zero-order valence-corrected chi connectivity index (χ0v) is 16.5. The molecular weight excluding hydrogens is 356 g/mol. The minimum atomic E-state index is -0.435. The van der Waals surface area contributed by atoms with Crippen LogP contribution >= 0.6 is 11.3 Å². The Balaban J connectivity index is 1.75. The van der Waals surface area contributed by atoms with Crippen molar-refractivity contribution in [3.8, 4) is 17.0 Å². The molecule has 4 rings (SSSR count). The van der Waals surface area contributed by atoms with Gasteiger partial charge in [0, 0.05) is 10.9 Å². The molecule has 1 aliphatic rings. The number of fused-ring (bicyclic) bond motifs is 1. The number of rotatable bonds is 4. The van der Waals surface area contributed by atoms with Crippen LogP contribution in [-0.4, -0.2) is 17.0 Å². The van der Waals surface area contributed by atoms with Crippen molar-refractivity contribution in [3.05, 3.63) is 64.0 Å². The maximum Gasteiger partial charge on any atom is 0.268 e. The van der Waals surface area contributed by atoms with Gasteiger partial charge in [-0.25, -0.2) is 4.98 Å². The highest BCUT2D eigenvalue weighted by atomic mass is 32.1. The lowest BCUT2D eigenvalue weighted by molar-refractivity contribution is -0.126. The van der Waals surface area contributed by atoms with Gasteiger partial charge < -0.3 is 9.64 Å². The fourth-order valence-corrected chi connectivity index (χ4v) is 3.90. The topological polar surface area (TPSA) is 42.4 Å². The molecule has 5 heteroatoms. The molecule has 1 aromatic heterocycles. The highest BCUT2D eigenvalue weighted by Crippen LogP contribution is 2.39. The third-order valence-corrected chi connectivity index (χ3v) is 5.58. The van der Waals surface area contributed by atoms with Gasteiger partial charge in [0.15, 0.2) is 6.10 Å². The van der Waals surface area contributed by atoms with E-state index in [1.54, 1.807) is 11.3 Å². The van der Waals surface area contributed by atoms with E-state index < -0.39 is 6.10 Å². The van der Waals surface area contributed by atoms with E-state index in [0.717, 1.165) is 33.3 Å². The van der Waals surface area contributed by atoms with Crippen LogP contribution in [0.15, 0.2) is 47.8 Å². The van der Waals surface area contributed by atoms with E-state index in [2.05, 4.69) is 36.2 Å². The summed E-state index contributed by atoms with van der Waals surface area (Å²) in [5, 5.41) is 3.07. The molecular formula is C22H22N2O2S. The van der Waals surface area contributed by atoms with Crippen molar-refractivity contribution in [2.45, 2.75) is 39.8 Å². The summed E-state index contributed by atoms with van der Waals surface area (Å²) in [6.07, 6.45) is 0.214. The molecule has 0 fully saturated rings. The van der Waals surface area contributed by atoms with Crippen LogP contribution in [0.2, 0.25) is 0 Å². The fourth-order valence-electron chi connectivity index (χ4n) is 3.28. The van der Waals surface area contributed by atoms with Gasteiger partial charge in [-0.2, -0.15) is 0 Å². The van der Waals surface area contributed by atoms with Gasteiger partial charge in [-0.15, -0.1) is 11.3 Å². The molecule has 4 nitrogen and oxygen atoms in total. The Labute approximate surface area is 163 Å². The van der Waals surface area contributed by atoms with Crippen LogP contribution in [-0.2, 0) is 11.3 Å². The SMILES string of the molecule is CCC1Oc2ccc(-c3csc(C)n3)cc2N(Cc2ccc(C)cc2)C1=O. The van der Waals surface area contributed by atoms with E-state index in [4.69, 9.17) is 4.74 Å². The minimum Gasteiger partial charge on any atom is -0.478 e. The first-order valence-electron chi connectivity index (χ1n) is 9.15. The number of carbonyl (C=O) groups is 1. The van der Waals surface area contributed by atoms with Crippen LogP contribution in [0.4, 0.5) is 5.69 Å². The van der Waals surface area contributed by atoms with Crippen molar-refractivity contribution >= 4 is 22.9 Å². The summed E-state index contributed by atoms with van der Waals surface area (Å²) in [5.74, 6) is 0.765. The normalized spacial score (nSPS) is 16.2. The molecule has 0 N–H and O–H groups in total. The number of anilines is 1. The third kappa shape index (κ3) is 3.47. The minimum absolute atomic E-state index is 0.0113. The maximum atomic E-state index is 13.0. The van der Waals surface area contributed by atoms with Gasteiger partial charge in [0.1, 0.15) is 5.75 Å². The van der Waals surface area contributed by atoms with Crippen molar-refractivity contribution in [3.63, 3.8) is 0 Å². The van der Waals surface area contributed by atoms with E-state index in [0.29, 0.717) is 13.0 Å². The Bertz CT molecular complexity index is 978. The van der Waals surface area contributed by atoms with Gasteiger partial charge in [0.05, 0.1) is 22.9 Å². The zero-order chi connectivity index (χ0) is 19.0. The van der Waals surface area contributed by atoms with E-state index in [-0.39, 0.29) is 5.91 Å². The largest absolute Gasteiger partial charge is 0.478 e. The summed E-state index contributed by atoms with van der Waals surface area (Å²) >= 11 is 1.62. The van der Waals surface area contributed by atoms with E-state index in [9.17, 15) is 4.79 Å². The standard InChI is InChI=1S/C22H22N2O2S/c1-4-20-22(25)24(12-16-7-5-14(2)6-8-16)19-11-17(9-10-21(19)26-20)18-13-27-15(3)23-18/h5-11,13,20H,4,12H2,1-3H3. The number of amides is 1. The quantitative estimate of drug-likeness (QED) is 0.632. The number of hydrogen-bond donors (Lipinski definition) is 0. The van der Waals surface area contributed by atoms with E-state index >= 15 is 0 Å². The molecule has 0 bridgehead atoms.